The number of carbonyl (C=O) groups excluding carboxylic acids is 1. The van der Waals surface area contributed by atoms with Crippen molar-refractivity contribution in [1.29, 1.82) is 0 Å². The molecule has 1 amide bonds. The van der Waals surface area contributed by atoms with Crippen LogP contribution < -0.4 is 4.74 Å². The molecule has 114 valence electrons. The maximum atomic E-state index is 12.3. The van der Waals surface area contributed by atoms with E-state index in [0.29, 0.717) is 13.2 Å². The summed E-state index contributed by atoms with van der Waals surface area (Å²) in [4.78, 5) is 18.4. The lowest BCUT2D eigenvalue weighted by atomic mass is 10.0. The van der Waals surface area contributed by atoms with Gasteiger partial charge in [0.25, 0.3) is 0 Å². The van der Waals surface area contributed by atoms with Gasteiger partial charge in [-0.05, 0) is 40.1 Å². The predicted molar refractivity (Wildman–Crippen MR) is 90.0 cm³/mol. The first-order valence-electron chi connectivity index (χ1n) is 6.91. The van der Waals surface area contributed by atoms with Crippen molar-refractivity contribution < 1.29 is 9.53 Å². The van der Waals surface area contributed by atoms with Crippen LogP contribution in [0.4, 0.5) is 0 Å². The van der Waals surface area contributed by atoms with Crippen molar-refractivity contribution in [3.05, 3.63) is 57.5 Å². The standard InChI is InChI=1S/C16H15BrN2O2S/c1-2-16(20)19(8-15-18-14(17)10-22-15)12-7-11-5-3-4-6-13(11)21-9-12/h2-6,10,12H,1,7-9H2. The number of amides is 1. The van der Waals surface area contributed by atoms with Crippen LogP contribution in [0, 0.1) is 0 Å². The van der Waals surface area contributed by atoms with E-state index in [-0.39, 0.29) is 11.9 Å². The van der Waals surface area contributed by atoms with E-state index in [1.54, 1.807) is 4.90 Å². The van der Waals surface area contributed by atoms with Gasteiger partial charge in [0.2, 0.25) is 5.91 Å². The molecule has 1 unspecified atom stereocenters. The molecule has 1 aromatic heterocycles. The van der Waals surface area contributed by atoms with E-state index < -0.39 is 0 Å². The summed E-state index contributed by atoms with van der Waals surface area (Å²) in [6.45, 7) is 4.57. The Morgan fingerprint density at radius 2 is 2.36 bits per heavy atom. The number of hydrogen-bond donors (Lipinski definition) is 0. The molecule has 3 rings (SSSR count). The third-order valence-corrected chi connectivity index (χ3v) is 5.13. The molecule has 0 saturated carbocycles. The minimum Gasteiger partial charge on any atom is -0.491 e. The summed E-state index contributed by atoms with van der Waals surface area (Å²) < 4.78 is 6.60. The fraction of sp³-hybridized carbons (Fsp3) is 0.250. The lowest BCUT2D eigenvalue weighted by molar-refractivity contribution is -0.129. The summed E-state index contributed by atoms with van der Waals surface area (Å²) in [6, 6.07) is 7.94. The first-order chi connectivity index (χ1) is 10.7. The van der Waals surface area contributed by atoms with Crippen LogP contribution in [-0.2, 0) is 17.8 Å². The van der Waals surface area contributed by atoms with Gasteiger partial charge in [0.1, 0.15) is 22.0 Å². The molecule has 0 saturated heterocycles. The molecule has 1 aromatic carbocycles. The van der Waals surface area contributed by atoms with Crippen molar-refractivity contribution in [3.8, 4) is 5.75 Å². The molecule has 1 atom stereocenters. The summed E-state index contributed by atoms with van der Waals surface area (Å²) >= 11 is 4.87. The normalized spacial score (nSPS) is 16.5. The maximum Gasteiger partial charge on any atom is 0.246 e. The van der Waals surface area contributed by atoms with Gasteiger partial charge in [-0.25, -0.2) is 4.98 Å². The van der Waals surface area contributed by atoms with Crippen molar-refractivity contribution in [1.82, 2.24) is 9.88 Å². The van der Waals surface area contributed by atoms with Crippen LogP contribution in [0.25, 0.3) is 0 Å². The van der Waals surface area contributed by atoms with Crippen molar-refractivity contribution >= 4 is 33.2 Å². The van der Waals surface area contributed by atoms with Crippen LogP contribution in [0.3, 0.4) is 0 Å². The number of halogens is 1. The quantitative estimate of drug-likeness (QED) is 0.765. The number of aromatic nitrogens is 1. The van der Waals surface area contributed by atoms with Gasteiger partial charge in [-0.15, -0.1) is 11.3 Å². The van der Waals surface area contributed by atoms with Crippen LogP contribution in [0.2, 0.25) is 0 Å². The first-order valence-corrected chi connectivity index (χ1v) is 8.58. The van der Waals surface area contributed by atoms with Crippen molar-refractivity contribution in [3.63, 3.8) is 0 Å². The Morgan fingerprint density at radius 3 is 3.09 bits per heavy atom. The highest BCUT2D eigenvalue weighted by Gasteiger charge is 2.28. The van der Waals surface area contributed by atoms with Crippen LogP contribution in [-0.4, -0.2) is 28.4 Å². The lowest BCUT2D eigenvalue weighted by Crippen LogP contribution is -2.45. The molecule has 4 nitrogen and oxygen atoms in total. The molecule has 0 N–H and O–H groups in total. The number of hydrogen-bond acceptors (Lipinski definition) is 4. The second-order valence-corrected chi connectivity index (χ2v) is 6.77. The molecule has 6 heteroatoms. The molecule has 0 bridgehead atoms. The van der Waals surface area contributed by atoms with Crippen molar-refractivity contribution in [2.24, 2.45) is 0 Å². The molecule has 0 spiro atoms. The van der Waals surface area contributed by atoms with E-state index in [2.05, 4.69) is 27.5 Å². The minimum absolute atomic E-state index is 0.0110. The minimum atomic E-state index is -0.0979. The van der Waals surface area contributed by atoms with Gasteiger partial charge in [-0.3, -0.25) is 4.79 Å². The topological polar surface area (TPSA) is 42.4 Å². The Hall–Kier alpha value is -1.66. The summed E-state index contributed by atoms with van der Waals surface area (Å²) in [5, 5.41) is 2.81. The monoisotopic (exact) mass is 378 g/mol. The SMILES string of the molecule is C=CC(=O)N(Cc1nc(Br)cs1)C1COc2ccccc2C1. The second-order valence-electron chi connectivity index (χ2n) is 5.01. The van der Waals surface area contributed by atoms with Crippen LogP contribution in [0.15, 0.2) is 46.9 Å². The Bertz CT molecular complexity index is 701. The largest absolute Gasteiger partial charge is 0.491 e. The zero-order valence-electron chi connectivity index (χ0n) is 11.9. The highest BCUT2D eigenvalue weighted by Crippen LogP contribution is 2.27. The zero-order chi connectivity index (χ0) is 15.5. The summed E-state index contributed by atoms with van der Waals surface area (Å²) in [7, 11) is 0. The average Bonchev–Trinajstić information content (AvgIpc) is 2.96. The first kappa shape index (κ1) is 15.2. The van der Waals surface area contributed by atoms with E-state index in [1.807, 2.05) is 29.6 Å². The summed E-state index contributed by atoms with van der Waals surface area (Å²) in [5.74, 6) is 0.807. The van der Waals surface area contributed by atoms with Gasteiger partial charge in [-0.1, -0.05) is 24.8 Å². The highest BCUT2D eigenvalue weighted by molar-refractivity contribution is 9.10. The highest BCUT2D eigenvalue weighted by atomic mass is 79.9. The third kappa shape index (κ3) is 3.23. The molecule has 0 fully saturated rings. The van der Waals surface area contributed by atoms with Crippen molar-refractivity contribution in [2.45, 2.75) is 19.0 Å². The van der Waals surface area contributed by atoms with E-state index in [1.165, 1.54) is 17.4 Å². The number of benzene rings is 1. The number of rotatable bonds is 4. The molecule has 1 aliphatic heterocycles. The van der Waals surface area contributed by atoms with Gasteiger partial charge >= 0.3 is 0 Å². The van der Waals surface area contributed by atoms with Crippen molar-refractivity contribution in [2.75, 3.05) is 6.61 Å². The number of thiazole rings is 1. The number of nitrogens with zero attached hydrogens (tertiary/aromatic N) is 2. The van der Waals surface area contributed by atoms with Gasteiger partial charge in [0.05, 0.1) is 12.6 Å². The third-order valence-electron chi connectivity index (χ3n) is 3.59. The average molecular weight is 379 g/mol. The summed E-state index contributed by atoms with van der Waals surface area (Å²) in [5.41, 5.74) is 1.13. The Labute approximate surface area is 141 Å². The van der Waals surface area contributed by atoms with Gasteiger partial charge in [0.15, 0.2) is 0 Å². The number of ether oxygens (including phenoxy) is 1. The Balaban J connectivity index is 1.81. The van der Waals surface area contributed by atoms with Crippen LogP contribution >= 0.6 is 27.3 Å². The number of fused-ring (bicyclic) bond motifs is 1. The smallest absolute Gasteiger partial charge is 0.246 e. The molecular formula is C16H15BrN2O2S. The molecule has 2 aromatic rings. The molecule has 2 heterocycles. The fourth-order valence-corrected chi connectivity index (χ4v) is 3.79. The van der Waals surface area contributed by atoms with Gasteiger partial charge < -0.3 is 9.64 Å². The predicted octanol–water partition coefficient (Wildman–Crippen LogP) is 3.42. The molecule has 22 heavy (non-hydrogen) atoms. The lowest BCUT2D eigenvalue weighted by Gasteiger charge is -2.34. The Morgan fingerprint density at radius 1 is 1.55 bits per heavy atom. The molecule has 0 radical (unpaired) electrons. The van der Waals surface area contributed by atoms with E-state index in [0.717, 1.165) is 27.3 Å². The number of carbonyl (C=O) groups is 1. The second kappa shape index (κ2) is 6.62. The molecule has 0 aliphatic carbocycles. The zero-order valence-corrected chi connectivity index (χ0v) is 14.3. The van der Waals surface area contributed by atoms with Gasteiger partial charge in [0, 0.05) is 5.38 Å². The maximum absolute atomic E-state index is 12.3. The Kier molecular flexibility index (Phi) is 4.59. The fourth-order valence-electron chi connectivity index (χ4n) is 2.52. The summed E-state index contributed by atoms with van der Waals surface area (Å²) in [6.07, 6.45) is 2.13. The molecular weight excluding hydrogens is 364 g/mol. The van der Waals surface area contributed by atoms with E-state index in [4.69, 9.17) is 4.74 Å². The molecule has 1 aliphatic rings. The van der Waals surface area contributed by atoms with Gasteiger partial charge in [-0.2, -0.15) is 0 Å². The van der Waals surface area contributed by atoms with Crippen LogP contribution in [0.1, 0.15) is 10.6 Å². The van der Waals surface area contributed by atoms with E-state index >= 15 is 0 Å². The van der Waals surface area contributed by atoms with Crippen LogP contribution in [0.5, 0.6) is 5.75 Å². The number of para-hydroxylation sites is 1. The van der Waals surface area contributed by atoms with E-state index in [9.17, 15) is 4.79 Å².